The van der Waals surface area contributed by atoms with Gasteiger partial charge in [-0.3, -0.25) is 14.7 Å². The van der Waals surface area contributed by atoms with E-state index in [0.29, 0.717) is 6.42 Å². The van der Waals surface area contributed by atoms with Crippen molar-refractivity contribution < 1.29 is 4.79 Å². The standard InChI is InChI=1S/C20H25N3O/c1-17-5-2-3-7-19(17)8-9-20(24)23-13-11-22(12-14-23)16-18-6-4-10-21-15-18/h2-7,10,15H,8-9,11-14,16H2,1H3. The summed E-state index contributed by atoms with van der Waals surface area (Å²) in [7, 11) is 0. The van der Waals surface area contributed by atoms with Gasteiger partial charge >= 0.3 is 0 Å². The Morgan fingerprint density at radius 3 is 2.58 bits per heavy atom. The molecule has 0 saturated carbocycles. The van der Waals surface area contributed by atoms with Gasteiger partial charge < -0.3 is 4.90 Å². The molecule has 1 aromatic heterocycles. The molecule has 0 bridgehead atoms. The minimum absolute atomic E-state index is 0.277. The smallest absolute Gasteiger partial charge is 0.222 e. The lowest BCUT2D eigenvalue weighted by Crippen LogP contribution is -2.48. The number of rotatable bonds is 5. The van der Waals surface area contributed by atoms with Crippen molar-refractivity contribution in [2.75, 3.05) is 26.2 Å². The number of amides is 1. The van der Waals surface area contributed by atoms with E-state index in [2.05, 4.69) is 35.0 Å². The van der Waals surface area contributed by atoms with E-state index in [1.54, 1.807) is 6.20 Å². The first-order valence-electron chi connectivity index (χ1n) is 8.66. The van der Waals surface area contributed by atoms with Gasteiger partial charge in [0.05, 0.1) is 0 Å². The number of carbonyl (C=O) groups excluding carboxylic acids is 1. The summed E-state index contributed by atoms with van der Waals surface area (Å²) < 4.78 is 0. The van der Waals surface area contributed by atoms with Crippen LogP contribution in [0.4, 0.5) is 0 Å². The van der Waals surface area contributed by atoms with E-state index in [4.69, 9.17) is 0 Å². The Hall–Kier alpha value is -2.20. The molecule has 4 heteroatoms. The normalized spacial score (nSPS) is 15.5. The molecule has 126 valence electrons. The predicted octanol–water partition coefficient (Wildman–Crippen LogP) is 2.67. The van der Waals surface area contributed by atoms with Crippen molar-refractivity contribution in [1.29, 1.82) is 0 Å². The van der Waals surface area contributed by atoms with E-state index in [9.17, 15) is 4.79 Å². The third kappa shape index (κ3) is 4.42. The quantitative estimate of drug-likeness (QED) is 0.849. The minimum Gasteiger partial charge on any atom is -0.340 e. The first-order chi connectivity index (χ1) is 11.7. The third-order valence-electron chi connectivity index (χ3n) is 4.72. The van der Waals surface area contributed by atoms with E-state index in [1.807, 2.05) is 29.3 Å². The average Bonchev–Trinajstić information content (AvgIpc) is 2.62. The van der Waals surface area contributed by atoms with Crippen LogP contribution in [0.25, 0.3) is 0 Å². The molecule has 1 amide bonds. The summed E-state index contributed by atoms with van der Waals surface area (Å²) in [5.74, 6) is 0.277. The van der Waals surface area contributed by atoms with Gasteiger partial charge in [-0.2, -0.15) is 0 Å². The molecule has 3 rings (SSSR count). The van der Waals surface area contributed by atoms with Crippen LogP contribution in [0.15, 0.2) is 48.8 Å². The number of piperazine rings is 1. The van der Waals surface area contributed by atoms with E-state index in [1.165, 1.54) is 16.7 Å². The fraction of sp³-hybridized carbons (Fsp3) is 0.400. The molecule has 1 fully saturated rings. The van der Waals surface area contributed by atoms with Crippen molar-refractivity contribution in [2.24, 2.45) is 0 Å². The van der Waals surface area contributed by atoms with E-state index in [0.717, 1.165) is 39.1 Å². The van der Waals surface area contributed by atoms with Crippen molar-refractivity contribution >= 4 is 5.91 Å². The molecule has 0 unspecified atom stereocenters. The van der Waals surface area contributed by atoms with Gasteiger partial charge in [-0.05, 0) is 36.1 Å². The largest absolute Gasteiger partial charge is 0.340 e. The second-order valence-corrected chi connectivity index (χ2v) is 6.44. The third-order valence-corrected chi connectivity index (χ3v) is 4.72. The Morgan fingerprint density at radius 1 is 1.08 bits per heavy atom. The number of carbonyl (C=O) groups is 1. The van der Waals surface area contributed by atoms with Crippen molar-refractivity contribution in [1.82, 2.24) is 14.8 Å². The van der Waals surface area contributed by atoms with Crippen molar-refractivity contribution in [3.05, 3.63) is 65.5 Å². The Bertz CT molecular complexity index is 664. The summed E-state index contributed by atoms with van der Waals surface area (Å²) in [6.45, 7) is 6.55. The van der Waals surface area contributed by atoms with Crippen molar-refractivity contribution in [3.63, 3.8) is 0 Å². The number of benzene rings is 1. The number of hydrogen-bond acceptors (Lipinski definition) is 3. The second kappa shape index (κ2) is 8.06. The van der Waals surface area contributed by atoms with Gasteiger partial charge in [0, 0.05) is 51.5 Å². The lowest BCUT2D eigenvalue weighted by atomic mass is 10.0. The molecule has 1 aliphatic rings. The van der Waals surface area contributed by atoms with Gasteiger partial charge in [-0.1, -0.05) is 30.3 Å². The van der Waals surface area contributed by atoms with Crippen LogP contribution in [-0.2, 0) is 17.8 Å². The van der Waals surface area contributed by atoms with Crippen LogP contribution in [0.3, 0.4) is 0 Å². The Labute approximate surface area is 144 Å². The summed E-state index contributed by atoms with van der Waals surface area (Å²) >= 11 is 0. The highest BCUT2D eigenvalue weighted by atomic mass is 16.2. The Kier molecular flexibility index (Phi) is 5.59. The molecule has 1 saturated heterocycles. The average molecular weight is 323 g/mol. The molecule has 2 heterocycles. The van der Waals surface area contributed by atoms with Crippen molar-refractivity contribution in [2.45, 2.75) is 26.3 Å². The number of nitrogens with zero attached hydrogens (tertiary/aromatic N) is 3. The molecule has 0 aliphatic carbocycles. The molecule has 0 spiro atoms. The van der Waals surface area contributed by atoms with Gasteiger partial charge in [0.1, 0.15) is 0 Å². The highest BCUT2D eigenvalue weighted by molar-refractivity contribution is 5.76. The Balaban J connectivity index is 1.44. The lowest BCUT2D eigenvalue weighted by Gasteiger charge is -2.34. The number of aryl methyl sites for hydroxylation is 2. The highest BCUT2D eigenvalue weighted by Crippen LogP contribution is 2.12. The molecule has 24 heavy (non-hydrogen) atoms. The SMILES string of the molecule is Cc1ccccc1CCC(=O)N1CCN(Cc2cccnc2)CC1. The zero-order valence-corrected chi connectivity index (χ0v) is 14.3. The molecule has 0 radical (unpaired) electrons. The maximum Gasteiger partial charge on any atom is 0.222 e. The fourth-order valence-corrected chi connectivity index (χ4v) is 3.20. The monoisotopic (exact) mass is 323 g/mol. The van der Waals surface area contributed by atoms with E-state index in [-0.39, 0.29) is 5.91 Å². The summed E-state index contributed by atoms with van der Waals surface area (Å²) in [5, 5.41) is 0. The fourth-order valence-electron chi connectivity index (χ4n) is 3.20. The van der Waals surface area contributed by atoms with Crippen LogP contribution in [0, 0.1) is 6.92 Å². The zero-order valence-electron chi connectivity index (χ0n) is 14.3. The van der Waals surface area contributed by atoms with Gasteiger partial charge in [0.2, 0.25) is 5.91 Å². The van der Waals surface area contributed by atoms with Crippen LogP contribution in [0.1, 0.15) is 23.1 Å². The molecule has 4 nitrogen and oxygen atoms in total. The van der Waals surface area contributed by atoms with E-state index >= 15 is 0 Å². The van der Waals surface area contributed by atoms with Crippen LogP contribution in [0.2, 0.25) is 0 Å². The summed E-state index contributed by atoms with van der Waals surface area (Å²) in [6.07, 6.45) is 5.16. The molecule has 2 aromatic rings. The van der Waals surface area contributed by atoms with Gasteiger partial charge in [-0.15, -0.1) is 0 Å². The maximum atomic E-state index is 12.4. The lowest BCUT2D eigenvalue weighted by molar-refractivity contribution is -0.133. The van der Waals surface area contributed by atoms with Gasteiger partial charge in [0.25, 0.3) is 0 Å². The van der Waals surface area contributed by atoms with Crippen LogP contribution >= 0.6 is 0 Å². The second-order valence-electron chi connectivity index (χ2n) is 6.44. The Morgan fingerprint density at radius 2 is 1.88 bits per heavy atom. The molecule has 0 N–H and O–H groups in total. The number of pyridine rings is 1. The predicted molar refractivity (Wildman–Crippen MR) is 95.6 cm³/mol. The van der Waals surface area contributed by atoms with Gasteiger partial charge in [-0.25, -0.2) is 0 Å². The topological polar surface area (TPSA) is 36.4 Å². The molecular weight excluding hydrogens is 298 g/mol. The first-order valence-corrected chi connectivity index (χ1v) is 8.66. The maximum absolute atomic E-state index is 12.4. The molecule has 1 aliphatic heterocycles. The van der Waals surface area contributed by atoms with Crippen LogP contribution in [0.5, 0.6) is 0 Å². The summed E-state index contributed by atoms with van der Waals surface area (Å²) in [5.41, 5.74) is 3.78. The van der Waals surface area contributed by atoms with Gasteiger partial charge in [0.15, 0.2) is 0 Å². The number of aromatic nitrogens is 1. The first kappa shape index (κ1) is 16.7. The van der Waals surface area contributed by atoms with E-state index < -0.39 is 0 Å². The van der Waals surface area contributed by atoms with Crippen LogP contribution in [-0.4, -0.2) is 46.9 Å². The van der Waals surface area contributed by atoms with Crippen molar-refractivity contribution in [3.8, 4) is 0 Å². The van der Waals surface area contributed by atoms with Crippen LogP contribution < -0.4 is 0 Å². The summed E-state index contributed by atoms with van der Waals surface area (Å²) in [6, 6.07) is 12.4. The highest BCUT2D eigenvalue weighted by Gasteiger charge is 2.20. The summed E-state index contributed by atoms with van der Waals surface area (Å²) in [4.78, 5) is 21.0. The minimum atomic E-state index is 0.277. The zero-order chi connectivity index (χ0) is 16.8. The molecular formula is C20H25N3O. The number of hydrogen-bond donors (Lipinski definition) is 0. The molecule has 1 aromatic carbocycles. The molecule has 0 atom stereocenters.